The molecular weight excluding hydrogens is 268 g/mol. The van der Waals surface area contributed by atoms with Gasteiger partial charge in [0.05, 0.1) is 14.2 Å². The van der Waals surface area contributed by atoms with E-state index in [-0.39, 0.29) is 0 Å². The Morgan fingerprint density at radius 2 is 1.76 bits per heavy atom. The fraction of sp³-hybridized carbons (Fsp3) is 0.312. The molecule has 0 atom stereocenters. The van der Waals surface area contributed by atoms with Crippen LogP contribution < -0.4 is 19.9 Å². The summed E-state index contributed by atoms with van der Waals surface area (Å²) in [4.78, 5) is 4.46. The van der Waals surface area contributed by atoms with E-state index < -0.39 is 0 Å². The van der Waals surface area contributed by atoms with Crippen LogP contribution in [0.25, 0.3) is 0 Å². The minimum Gasteiger partial charge on any atom is -0.493 e. The maximum absolute atomic E-state index is 5.89. The normalized spacial score (nSPS) is 10.3. The Bertz CT molecular complexity index is 570. The third-order valence-electron chi connectivity index (χ3n) is 3.10. The van der Waals surface area contributed by atoms with Crippen molar-refractivity contribution in [3.05, 3.63) is 41.6 Å². The summed E-state index contributed by atoms with van der Waals surface area (Å²) in [6, 6.07) is 9.26. The summed E-state index contributed by atoms with van der Waals surface area (Å²) < 4.78 is 16.5. The Labute approximate surface area is 124 Å². The highest BCUT2D eigenvalue weighted by molar-refractivity contribution is 5.52. The number of pyridine rings is 1. The Morgan fingerprint density at radius 1 is 1.10 bits per heavy atom. The summed E-state index contributed by atoms with van der Waals surface area (Å²) in [5.41, 5.74) is 7.62. The first-order valence-electron chi connectivity index (χ1n) is 6.80. The van der Waals surface area contributed by atoms with Crippen molar-refractivity contribution < 1.29 is 14.2 Å². The summed E-state index contributed by atoms with van der Waals surface area (Å²) in [5.74, 6) is 2.17. The molecule has 0 bridgehead atoms. The van der Waals surface area contributed by atoms with E-state index in [1.54, 1.807) is 14.2 Å². The number of para-hydroxylation sites is 1. The lowest BCUT2D eigenvalue weighted by Crippen LogP contribution is -2.02. The predicted octanol–water partition coefficient (Wildman–Crippen LogP) is 2.91. The fourth-order valence-corrected chi connectivity index (χ4v) is 1.99. The minimum absolute atomic E-state index is 0.439. The topological polar surface area (TPSA) is 66.6 Å². The summed E-state index contributed by atoms with van der Waals surface area (Å²) in [5, 5.41) is 0. The molecule has 0 aliphatic heterocycles. The van der Waals surface area contributed by atoms with Gasteiger partial charge in [-0.3, -0.25) is 0 Å². The number of rotatable bonds is 6. The van der Waals surface area contributed by atoms with Gasteiger partial charge in [-0.25, -0.2) is 4.98 Å². The first kappa shape index (κ1) is 15.1. The number of hydrogen-bond donors (Lipinski definition) is 1. The minimum atomic E-state index is 0.439. The number of methoxy groups -OCH3 is 2. The van der Waals surface area contributed by atoms with Crippen LogP contribution in [-0.4, -0.2) is 19.2 Å². The summed E-state index contributed by atoms with van der Waals surface area (Å²) in [6.07, 6.45) is 0.813. The van der Waals surface area contributed by atoms with Crippen molar-refractivity contribution in [3.63, 3.8) is 0 Å². The van der Waals surface area contributed by atoms with Gasteiger partial charge in [0.15, 0.2) is 11.5 Å². The smallest absolute Gasteiger partial charge is 0.220 e. The zero-order chi connectivity index (χ0) is 15.2. The molecule has 21 heavy (non-hydrogen) atoms. The zero-order valence-electron chi connectivity index (χ0n) is 12.6. The molecule has 0 aliphatic carbocycles. The molecule has 1 aromatic heterocycles. The van der Waals surface area contributed by atoms with Crippen LogP contribution in [0.2, 0.25) is 0 Å². The van der Waals surface area contributed by atoms with Gasteiger partial charge < -0.3 is 19.9 Å². The number of nitrogens with zero attached hydrogens (tertiary/aromatic N) is 1. The van der Waals surface area contributed by atoms with Crippen LogP contribution >= 0.6 is 0 Å². The molecule has 0 radical (unpaired) electrons. The Hall–Kier alpha value is -2.27. The van der Waals surface area contributed by atoms with Crippen LogP contribution in [0.15, 0.2) is 30.3 Å². The van der Waals surface area contributed by atoms with Gasteiger partial charge >= 0.3 is 0 Å². The van der Waals surface area contributed by atoms with Crippen molar-refractivity contribution in [1.29, 1.82) is 0 Å². The standard InChI is InChI=1S/C16H20N2O3/c1-4-12-8-11(10-17)9-15(18-12)21-16-13(19-2)6-5-7-14(16)20-3/h5-9H,4,10,17H2,1-3H3. The van der Waals surface area contributed by atoms with Gasteiger partial charge in [0.2, 0.25) is 11.6 Å². The monoisotopic (exact) mass is 288 g/mol. The Kier molecular flexibility index (Phi) is 5.00. The summed E-state index contributed by atoms with van der Waals surface area (Å²) in [7, 11) is 3.17. The van der Waals surface area contributed by atoms with Crippen molar-refractivity contribution in [2.24, 2.45) is 5.73 Å². The van der Waals surface area contributed by atoms with Crippen molar-refractivity contribution in [2.75, 3.05) is 14.2 Å². The van der Waals surface area contributed by atoms with Gasteiger partial charge in [-0.05, 0) is 30.2 Å². The van der Waals surface area contributed by atoms with Gasteiger partial charge in [-0.2, -0.15) is 0 Å². The van der Waals surface area contributed by atoms with Crippen LogP contribution in [-0.2, 0) is 13.0 Å². The van der Waals surface area contributed by atoms with E-state index in [9.17, 15) is 0 Å². The van der Waals surface area contributed by atoms with Crippen LogP contribution in [0.3, 0.4) is 0 Å². The molecule has 0 aliphatic rings. The second-order valence-electron chi connectivity index (χ2n) is 4.46. The number of nitrogens with two attached hydrogens (primary N) is 1. The van der Waals surface area contributed by atoms with Gasteiger partial charge in [0.1, 0.15) is 0 Å². The van der Waals surface area contributed by atoms with Gasteiger partial charge in [-0.1, -0.05) is 13.0 Å². The molecule has 2 aromatic rings. The quantitative estimate of drug-likeness (QED) is 0.885. The highest BCUT2D eigenvalue weighted by Gasteiger charge is 2.13. The molecule has 0 spiro atoms. The second kappa shape index (κ2) is 6.95. The lowest BCUT2D eigenvalue weighted by Gasteiger charge is -2.14. The van der Waals surface area contributed by atoms with Crippen molar-refractivity contribution in [2.45, 2.75) is 19.9 Å². The largest absolute Gasteiger partial charge is 0.493 e. The SMILES string of the molecule is CCc1cc(CN)cc(Oc2c(OC)cccc2OC)n1. The molecule has 2 N–H and O–H groups in total. The average Bonchev–Trinajstić information content (AvgIpc) is 2.54. The molecule has 0 fully saturated rings. The molecule has 2 rings (SSSR count). The average molecular weight is 288 g/mol. The van der Waals surface area contributed by atoms with E-state index in [2.05, 4.69) is 4.98 Å². The molecule has 0 saturated heterocycles. The maximum atomic E-state index is 5.89. The molecule has 0 unspecified atom stereocenters. The Balaban J connectivity index is 2.42. The molecular formula is C16H20N2O3. The summed E-state index contributed by atoms with van der Waals surface area (Å²) >= 11 is 0. The van der Waals surface area contributed by atoms with Gasteiger partial charge in [0, 0.05) is 18.3 Å². The number of aryl methyl sites for hydroxylation is 1. The van der Waals surface area contributed by atoms with E-state index in [4.69, 9.17) is 19.9 Å². The number of aromatic nitrogens is 1. The number of benzene rings is 1. The van der Waals surface area contributed by atoms with Crippen LogP contribution in [0, 0.1) is 0 Å². The lowest BCUT2D eigenvalue weighted by atomic mass is 10.2. The van der Waals surface area contributed by atoms with Crippen molar-refractivity contribution in [3.8, 4) is 23.1 Å². The maximum Gasteiger partial charge on any atom is 0.220 e. The van der Waals surface area contributed by atoms with E-state index >= 15 is 0 Å². The van der Waals surface area contributed by atoms with Crippen molar-refractivity contribution in [1.82, 2.24) is 4.98 Å². The molecule has 5 nitrogen and oxygen atoms in total. The van der Waals surface area contributed by atoms with Gasteiger partial charge in [-0.15, -0.1) is 0 Å². The lowest BCUT2D eigenvalue weighted by molar-refractivity contribution is 0.341. The highest BCUT2D eigenvalue weighted by atomic mass is 16.5. The van der Waals surface area contributed by atoms with E-state index in [1.165, 1.54) is 0 Å². The number of hydrogen-bond acceptors (Lipinski definition) is 5. The third-order valence-corrected chi connectivity index (χ3v) is 3.10. The van der Waals surface area contributed by atoms with Crippen LogP contribution in [0.4, 0.5) is 0 Å². The van der Waals surface area contributed by atoms with Gasteiger partial charge in [0.25, 0.3) is 0 Å². The predicted molar refractivity (Wildman–Crippen MR) is 81.1 cm³/mol. The second-order valence-corrected chi connectivity index (χ2v) is 4.46. The fourth-order valence-electron chi connectivity index (χ4n) is 1.99. The number of ether oxygens (including phenoxy) is 3. The van der Waals surface area contributed by atoms with Crippen LogP contribution in [0.5, 0.6) is 23.1 Å². The molecule has 0 amide bonds. The molecule has 112 valence electrons. The molecule has 5 heteroatoms. The summed E-state index contributed by atoms with van der Waals surface area (Å²) in [6.45, 7) is 2.48. The Morgan fingerprint density at radius 3 is 2.29 bits per heavy atom. The third kappa shape index (κ3) is 3.44. The molecule has 0 saturated carbocycles. The van der Waals surface area contributed by atoms with E-state index in [1.807, 2.05) is 37.3 Å². The van der Waals surface area contributed by atoms with Crippen molar-refractivity contribution >= 4 is 0 Å². The first-order valence-corrected chi connectivity index (χ1v) is 6.80. The first-order chi connectivity index (χ1) is 10.2. The van der Waals surface area contributed by atoms with E-state index in [0.717, 1.165) is 17.7 Å². The highest BCUT2D eigenvalue weighted by Crippen LogP contribution is 2.39. The van der Waals surface area contributed by atoms with E-state index in [0.29, 0.717) is 29.7 Å². The molecule has 1 aromatic carbocycles. The van der Waals surface area contributed by atoms with Crippen LogP contribution in [0.1, 0.15) is 18.2 Å². The molecule has 1 heterocycles. The zero-order valence-corrected chi connectivity index (χ0v) is 12.6.